The van der Waals surface area contributed by atoms with Crippen LogP contribution in [0.4, 0.5) is 0 Å². The first-order chi connectivity index (χ1) is 12.5. The number of amides is 2. The first-order valence-electron chi connectivity index (χ1n) is 8.65. The Balaban J connectivity index is 1.78. The highest BCUT2D eigenvalue weighted by molar-refractivity contribution is 5.96. The third-order valence-corrected chi connectivity index (χ3v) is 4.69. The predicted octanol–water partition coefficient (Wildman–Crippen LogP) is 1.64. The van der Waals surface area contributed by atoms with Crippen LogP contribution in [-0.2, 0) is 14.3 Å². The molecule has 0 bridgehead atoms. The molecule has 1 aromatic rings. The SMILES string of the molecule is CN(C(=O)COC(=O)CNC(=O)c1ccccc1)C1(C#N)CCCCC1. The van der Waals surface area contributed by atoms with Crippen molar-refractivity contribution in [3.8, 4) is 6.07 Å². The molecule has 7 nitrogen and oxygen atoms in total. The molecule has 0 heterocycles. The molecular weight excluding hydrogens is 334 g/mol. The highest BCUT2D eigenvalue weighted by Crippen LogP contribution is 2.32. The molecule has 0 spiro atoms. The number of nitrogens with zero attached hydrogens (tertiary/aromatic N) is 2. The summed E-state index contributed by atoms with van der Waals surface area (Å²) in [6, 6.07) is 10.7. The Morgan fingerprint density at radius 2 is 1.85 bits per heavy atom. The Morgan fingerprint density at radius 1 is 1.19 bits per heavy atom. The Kier molecular flexibility index (Phi) is 6.73. The molecule has 0 aromatic heterocycles. The number of rotatable bonds is 6. The smallest absolute Gasteiger partial charge is 0.325 e. The highest BCUT2D eigenvalue weighted by Gasteiger charge is 2.38. The lowest BCUT2D eigenvalue weighted by molar-refractivity contribution is -0.152. The molecule has 0 aliphatic heterocycles. The van der Waals surface area contributed by atoms with E-state index in [4.69, 9.17) is 4.74 Å². The van der Waals surface area contributed by atoms with Crippen LogP contribution in [-0.4, -0.2) is 48.4 Å². The molecule has 138 valence electrons. The number of hydrogen-bond acceptors (Lipinski definition) is 5. The molecule has 2 amide bonds. The summed E-state index contributed by atoms with van der Waals surface area (Å²) in [7, 11) is 1.57. The van der Waals surface area contributed by atoms with Gasteiger partial charge in [-0.05, 0) is 25.0 Å². The summed E-state index contributed by atoms with van der Waals surface area (Å²) >= 11 is 0. The van der Waals surface area contributed by atoms with Gasteiger partial charge in [0.1, 0.15) is 12.1 Å². The Labute approximate surface area is 152 Å². The van der Waals surface area contributed by atoms with Gasteiger partial charge in [0.2, 0.25) is 0 Å². The second-order valence-electron chi connectivity index (χ2n) is 6.37. The van der Waals surface area contributed by atoms with Crippen LogP contribution in [0.15, 0.2) is 30.3 Å². The zero-order valence-corrected chi connectivity index (χ0v) is 14.9. The minimum atomic E-state index is -0.816. The number of carbonyl (C=O) groups excluding carboxylic acids is 3. The minimum absolute atomic E-state index is 0.325. The maximum absolute atomic E-state index is 12.3. The zero-order valence-electron chi connectivity index (χ0n) is 14.9. The largest absolute Gasteiger partial charge is 0.454 e. The summed E-state index contributed by atoms with van der Waals surface area (Å²) < 4.78 is 4.94. The van der Waals surface area contributed by atoms with E-state index in [9.17, 15) is 19.6 Å². The molecule has 2 rings (SSSR count). The van der Waals surface area contributed by atoms with Crippen LogP contribution >= 0.6 is 0 Å². The van der Waals surface area contributed by atoms with Crippen molar-refractivity contribution in [1.29, 1.82) is 5.26 Å². The van der Waals surface area contributed by atoms with Gasteiger partial charge in [-0.1, -0.05) is 37.5 Å². The summed E-state index contributed by atoms with van der Waals surface area (Å²) in [6.45, 7) is -0.770. The Bertz CT molecular complexity index is 690. The average Bonchev–Trinajstić information content (AvgIpc) is 2.70. The van der Waals surface area contributed by atoms with Crippen LogP contribution in [0.3, 0.4) is 0 Å². The number of carbonyl (C=O) groups is 3. The minimum Gasteiger partial charge on any atom is -0.454 e. The number of nitrogens with one attached hydrogen (secondary N) is 1. The van der Waals surface area contributed by atoms with Crippen LogP contribution in [0, 0.1) is 11.3 Å². The maximum atomic E-state index is 12.3. The molecule has 0 unspecified atom stereocenters. The van der Waals surface area contributed by atoms with E-state index in [2.05, 4.69) is 11.4 Å². The molecular formula is C19H23N3O4. The Hall–Kier alpha value is -2.88. The van der Waals surface area contributed by atoms with E-state index in [1.807, 2.05) is 0 Å². The molecule has 1 N–H and O–H groups in total. The monoisotopic (exact) mass is 357 g/mol. The standard InChI is InChI=1S/C19H23N3O4/c1-22(19(14-20)10-6-3-7-11-19)16(23)13-26-17(24)12-21-18(25)15-8-4-2-5-9-15/h2,4-5,8-9H,3,6-7,10-13H2,1H3,(H,21,25). The third-order valence-electron chi connectivity index (χ3n) is 4.69. The lowest BCUT2D eigenvalue weighted by atomic mass is 9.81. The number of nitriles is 1. The third kappa shape index (κ3) is 4.82. The molecule has 1 fully saturated rings. The van der Waals surface area contributed by atoms with Crippen molar-refractivity contribution in [2.75, 3.05) is 20.2 Å². The molecule has 0 saturated heterocycles. The van der Waals surface area contributed by atoms with Gasteiger partial charge < -0.3 is 15.0 Å². The quantitative estimate of drug-likeness (QED) is 0.780. The molecule has 26 heavy (non-hydrogen) atoms. The van der Waals surface area contributed by atoms with Crippen LogP contribution in [0.1, 0.15) is 42.5 Å². The normalized spacial score (nSPS) is 15.4. The predicted molar refractivity (Wildman–Crippen MR) is 93.9 cm³/mol. The lowest BCUT2D eigenvalue weighted by Gasteiger charge is -2.38. The topological polar surface area (TPSA) is 99.5 Å². The van der Waals surface area contributed by atoms with Crippen LogP contribution in [0.2, 0.25) is 0 Å². The summed E-state index contributed by atoms with van der Waals surface area (Å²) in [4.78, 5) is 37.3. The van der Waals surface area contributed by atoms with Crippen molar-refractivity contribution in [3.05, 3.63) is 35.9 Å². The molecule has 1 aliphatic carbocycles. The Morgan fingerprint density at radius 3 is 2.46 bits per heavy atom. The van der Waals surface area contributed by atoms with E-state index < -0.39 is 29.9 Å². The van der Waals surface area contributed by atoms with Crippen molar-refractivity contribution in [2.24, 2.45) is 0 Å². The molecule has 0 atom stereocenters. The van der Waals surface area contributed by atoms with Crippen molar-refractivity contribution in [1.82, 2.24) is 10.2 Å². The van der Waals surface area contributed by atoms with E-state index in [-0.39, 0.29) is 6.54 Å². The van der Waals surface area contributed by atoms with Crippen LogP contribution in [0.25, 0.3) is 0 Å². The second-order valence-corrected chi connectivity index (χ2v) is 6.37. The van der Waals surface area contributed by atoms with Crippen molar-refractivity contribution in [3.63, 3.8) is 0 Å². The van der Waals surface area contributed by atoms with E-state index in [0.29, 0.717) is 18.4 Å². The first kappa shape index (κ1) is 19.4. The van der Waals surface area contributed by atoms with Crippen molar-refractivity contribution >= 4 is 17.8 Å². The number of ether oxygens (including phenoxy) is 1. The van der Waals surface area contributed by atoms with E-state index in [1.54, 1.807) is 37.4 Å². The van der Waals surface area contributed by atoms with Gasteiger partial charge in [-0.2, -0.15) is 5.26 Å². The summed E-state index contributed by atoms with van der Waals surface area (Å²) in [5.74, 6) is -1.52. The fourth-order valence-corrected chi connectivity index (χ4v) is 3.03. The summed E-state index contributed by atoms with van der Waals surface area (Å²) in [5.41, 5.74) is -0.382. The molecule has 1 saturated carbocycles. The summed E-state index contributed by atoms with van der Waals surface area (Å²) in [5, 5.41) is 11.9. The summed E-state index contributed by atoms with van der Waals surface area (Å²) in [6.07, 6.45) is 4.12. The molecule has 7 heteroatoms. The van der Waals surface area contributed by atoms with Gasteiger partial charge in [-0.15, -0.1) is 0 Å². The lowest BCUT2D eigenvalue weighted by Crippen LogP contribution is -2.51. The number of benzene rings is 1. The molecule has 1 aromatic carbocycles. The van der Waals surface area contributed by atoms with E-state index in [1.165, 1.54) is 4.90 Å². The van der Waals surface area contributed by atoms with Crippen molar-refractivity contribution < 1.29 is 19.1 Å². The fraction of sp³-hybridized carbons (Fsp3) is 0.474. The van der Waals surface area contributed by atoms with Crippen LogP contribution in [0.5, 0.6) is 0 Å². The van der Waals surface area contributed by atoms with Gasteiger partial charge in [0.25, 0.3) is 11.8 Å². The van der Waals surface area contributed by atoms with Gasteiger partial charge in [-0.25, -0.2) is 0 Å². The van der Waals surface area contributed by atoms with Gasteiger partial charge in [0, 0.05) is 12.6 Å². The number of hydrogen-bond donors (Lipinski definition) is 1. The number of esters is 1. The second kappa shape index (κ2) is 8.99. The van der Waals surface area contributed by atoms with E-state index >= 15 is 0 Å². The fourth-order valence-electron chi connectivity index (χ4n) is 3.03. The number of likely N-dealkylation sites (N-methyl/N-ethyl adjacent to an activating group) is 1. The van der Waals surface area contributed by atoms with Gasteiger partial charge in [0.15, 0.2) is 6.61 Å². The zero-order chi connectivity index (χ0) is 19.0. The molecule has 1 aliphatic rings. The first-order valence-corrected chi connectivity index (χ1v) is 8.65. The molecule has 0 radical (unpaired) electrons. The van der Waals surface area contributed by atoms with E-state index in [0.717, 1.165) is 19.3 Å². The van der Waals surface area contributed by atoms with Crippen LogP contribution < -0.4 is 5.32 Å². The van der Waals surface area contributed by atoms with Gasteiger partial charge in [0.05, 0.1) is 6.07 Å². The maximum Gasteiger partial charge on any atom is 0.325 e. The van der Waals surface area contributed by atoms with Crippen molar-refractivity contribution in [2.45, 2.75) is 37.6 Å². The van der Waals surface area contributed by atoms with Gasteiger partial charge in [-0.3, -0.25) is 14.4 Å². The van der Waals surface area contributed by atoms with Gasteiger partial charge >= 0.3 is 5.97 Å². The average molecular weight is 357 g/mol. The highest BCUT2D eigenvalue weighted by atomic mass is 16.5.